The number of hydrogen-bond donors (Lipinski definition) is 2. The van der Waals surface area contributed by atoms with Crippen molar-refractivity contribution < 1.29 is 9.18 Å². The van der Waals surface area contributed by atoms with Crippen molar-refractivity contribution in [1.29, 1.82) is 0 Å². The quantitative estimate of drug-likeness (QED) is 0.408. The number of nitrogens with one attached hydrogen (secondary N) is 2. The maximum Gasteiger partial charge on any atom is 0.282 e. The van der Waals surface area contributed by atoms with Gasteiger partial charge in [-0.2, -0.15) is 4.99 Å². The van der Waals surface area contributed by atoms with Crippen molar-refractivity contribution >= 4 is 22.8 Å². The van der Waals surface area contributed by atoms with Gasteiger partial charge in [-0.05, 0) is 45.7 Å². The number of carbonyl (C=O) groups excluding carboxylic acids is 1. The zero-order valence-electron chi connectivity index (χ0n) is 18.9. The van der Waals surface area contributed by atoms with Crippen molar-refractivity contribution in [3.63, 3.8) is 0 Å². The van der Waals surface area contributed by atoms with Gasteiger partial charge in [0.2, 0.25) is 0 Å². The number of H-pyrrole nitrogens is 1. The van der Waals surface area contributed by atoms with Crippen molar-refractivity contribution in [2.24, 2.45) is 4.99 Å². The number of aliphatic imine (C=N–C) groups is 1. The Morgan fingerprint density at radius 1 is 1.06 bits per heavy atom. The number of carbonyl (C=O) groups is 1. The Hall–Kier alpha value is -3.89. The molecule has 1 aliphatic heterocycles. The van der Waals surface area contributed by atoms with Gasteiger partial charge in [-0.25, -0.2) is 14.9 Å². The molecule has 1 unspecified atom stereocenters. The first kappa shape index (κ1) is 22.9. The zero-order chi connectivity index (χ0) is 24.2. The zero-order valence-corrected chi connectivity index (χ0v) is 19.7. The van der Waals surface area contributed by atoms with Gasteiger partial charge in [-0.1, -0.05) is 79.3 Å². The molecule has 1 atom stereocenters. The van der Waals surface area contributed by atoms with Crippen LogP contribution in [0.3, 0.4) is 0 Å². The van der Waals surface area contributed by atoms with Gasteiger partial charge in [0, 0.05) is 5.56 Å². The number of tetrazole rings is 1. The molecule has 10 heteroatoms. The molecule has 5 rings (SSSR count). The number of halogens is 1. The van der Waals surface area contributed by atoms with Crippen LogP contribution in [-0.2, 0) is 6.54 Å². The number of hydrogen-bond acceptors (Lipinski definition) is 6. The standard InChI is InChI=1S/C25H22FN7OS/c1-2-22-30-33(25(35-22)27-24(34)20-9-5-6-10-21(20)26)15-16-11-13-17(14-12-16)18-7-3-4-8-19(18)23-28-31-32-29-23/h3-14,22,30H,2,15H2,1H3,(H,28,29,31,32). The summed E-state index contributed by atoms with van der Waals surface area (Å²) in [6.07, 6.45) is 0.848. The van der Waals surface area contributed by atoms with Gasteiger partial charge in [0.25, 0.3) is 5.91 Å². The van der Waals surface area contributed by atoms with E-state index in [9.17, 15) is 9.18 Å². The molecule has 0 radical (unpaired) electrons. The lowest BCUT2D eigenvalue weighted by Gasteiger charge is -2.19. The van der Waals surface area contributed by atoms with E-state index in [1.165, 1.54) is 23.9 Å². The summed E-state index contributed by atoms with van der Waals surface area (Å²) in [5, 5.41) is 16.7. The van der Waals surface area contributed by atoms with Crippen molar-refractivity contribution in [1.82, 2.24) is 31.1 Å². The predicted molar refractivity (Wildman–Crippen MR) is 134 cm³/mol. The molecular formula is C25H22FN7OS. The molecule has 1 fully saturated rings. The van der Waals surface area contributed by atoms with Crippen LogP contribution >= 0.6 is 11.8 Å². The lowest BCUT2D eigenvalue weighted by Crippen LogP contribution is -2.37. The molecule has 0 spiro atoms. The third kappa shape index (κ3) is 4.98. The summed E-state index contributed by atoms with van der Waals surface area (Å²) in [5.41, 5.74) is 7.32. The molecular weight excluding hydrogens is 465 g/mol. The maximum atomic E-state index is 14.1. The fourth-order valence-corrected chi connectivity index (χ4v) is 4.77. The largest absolute Gasteiger partial charge is 0.282 e. The first-order valence-corrected chi connectivity index (χ1v) is 12.0. The van der Waals surface area contributed by atoms with Gasteiger partial charge in [0.05, 0.1) is 17.5 Å². The highest BCUT2D eigenvalue weighted by Crippen LogP contribution is 2.31. The van der Waals surface area contributed by atoms with Gasteiger partial charge in [0.15, 0.2) is 11.0 Å². The minimum absolute atomic E-state index is 0.0366. The Morgan fingerprint density at radius 3 is 2.51 bits per heavy atom. The second-order valence-corrected chi connectivity index (χ2v) is 9.07. The van der Waals surface area contributed by atoms with E-state index in [0.717, 1.165) is 28.7 Å². The smallest absolute Gasteiger partial charge is 0.281 e. The van der Waals surface area contributed by atoms with Crippen molar-refractivity contribution in [3.05, 3.63) is 89.7 Å². The number of amides is 1. The number of amidine groups is 1. The van der Waals surface area contributed by atoms with Crippen molar-refractivity contribution in [3.8, 4) is 22.5 Å². The fraction of sp³-hybridized carbons (Fsp3) is 0.160. The van der Waals surface area contributed by atoms with Crippen LogP contribution in [0, 0.1) is 5.82 Å². The lowest BCUT2D eigenvalue weighted by atomic mass is 9.98. The van der Waals surface area contributed by atoms with E-state index in [1.54, 1.807) is 12.1 Å². The number of nitrogens with zero attached hydrogens (tertiary/aromatic N) is 5. The second-order valence-electron chi connectivity index (χ2n) is 7.90. The number of thioether (sulfide) groups is 1. The molecule has 0 bridgehead atoms. The van der Waals surface area contributed by atoms with Gasteiger partial charge < -0.3 is 0 Å². The molecule has 2 heterocycles. The van der Waals surface area contributed by atoms with Gasteiger partial charge >= 0.3 is 0 Å². The first-order chi connectivity index (χ1) is 17.1. The topological polar surface area (TPSA) is 99.2 Å². The molecule has 2 N–H and O–H groups in total. The summed E-state index contributed by atoms with van der Waals surface area (Å²) < 4.78 is 14.1. The molecule has 176 valence electrons. The van der Waals surface area contributed by atoms with Crippen LogP contribution in [0.25, 0.3) is 22.5 Å². The highest BCUT2D eigenvalue weighted by Gasteiger charge is 2.28. The normalized spacial score (nSPS) is 16.7. The first-order valence-electron chi connectivity index (χ1n) is 11.1. The minimum atomic E-state index is -0.594. The Labute approximate surface area is 205 Å². The summed E-state index contributed by atoms with van der Waals surface area (Å²) in [6, 6.07) is 22.0. The van der Waals surface area contributed by atoms with E-state index < -0.39 is 11.7 Å². The number of aromatic nitrogens is 4. The van der Waals surface area contributed by atoms with E-state index in [4.69, 9.17) is 0 Å². The highest BCUT2D eigenvalue weighted by atomic mass is 32.2. The Bertz CT molecular complexity index is 1360. The van der Waals surface area contributed by atoms with Crippen LogP contribution in [0.5, 0.6) is 0 Å². The summed E-state index contributed by atoms with van der Waals surface area (Å²) in [4.78, 5) is 16.9. The van der Waals surface area contributed by atoms with E-state index in [0.29, 0.717) is 17.5 Å². The average Bonchev–Trinajstić information content (AvgIpc) is 3.55. The number of benzene rings is 3. The molecule has 35 heavy (non-hydrogen) atoms. The number of aromatic amines is 1. The molecule has 3 aromatic carbocycles. The van der Waals surface area contributed by atoms with Crippen molar-refractivity contribution in [2.75, 3.05) is 0 Å². The van der Waals surface area contributed by atoms with Gasteiger partial charge in [0.1, 0.15) is 5.82 Å². The van der Waals surface area contributed by atoms with Crippen LogP contribution in [-0.4, -0.2) is 42.1 Å². The van der Waals surface area contributed by atoms with Gasteiger partial charge in [-0.15, -0.1) is 5.10 Å². The molecule has 1 aliphatic rings. The van der Waals surface area contributed by atoms with E-state index in [-0.39, 0.29) is 10.9 Å². The Morgan fingerprint density at radius 2 is 1.80 bits per heavy atom. The summed E-state index contributed by atoms with van der Waals surface area (Å²) in [5.74, 6) is -0.564. The third-order valence-electron chi connectivity index (χ3n) is 5.58. The minimum Gasteiger partial charge on any atom is -0.281 e. The molecule has 0 aliphatic carbocycles. The summed E-state index contributed by atoms with van der Waals surface area (Å²) in [7, 11) is 0. The molecule has 1 aromatic heterocycles. The third-order valence-corrected chi connectivity index (χ3v) is 6.83. The summed E-state index contributed by atoms with van der Waals surface area (Å²) >= 11 is 1.47. The lowest BCUT2D eigenvalue weighted by molar-refractivity contribution is 0.0997. The molecule has 8 nitrogen and oxygen atoms in total. The highest BCUT2D eigenvalue weighted by molar-refractivity contribution is 8.14. The molecule has 0 saturated carbocycles. The van der Waals surface area contributed by atoms with Crippen LogP contribution in [0.4, 0.5) is 4.39 Å². The second kappa shape index (κ2) is 10.2. The van der Waals surface area contributed by atoms with Crippen LogP contribution in [0.2, 0.25) is 0 Å². The fourth-order valence-electron chi connectivity index (χ4n) is 3.79. The summed E-state index contributed by atoms with van der Waals surface area (Å²) in [6.45, 7) is 2.56. The van der Waals surface area contributed by atoms with Gasteiger partial charge in [-0.3, -0.25) is 9.80 Å². The Balaban J connectivity index is 1.37. The average molecular weight is 488 g/mol. The molecule has 4 aromatic rings. The van der Waals surface area contributed by atoms with Crippen molar-refractivity contribution in [2.45, 2.75) is 25.3 Å². The molecule has 1 amide bonds. The Kier molecular flexibility index (Phi) is 6.64. The monoisotopic (exact) mass is 487 g/mol. The number of rotatable bonds is 6. The SMILES string of the molecule is CCC1NN(Cc2ccc(-c3ccccc3-c3nnn[nH]3)cc2)C(=NC(=O)c2ccccc2F)S1. The van der Waals surface area contributed by atoms with E-state index >= 15 is 0 Å². The maximum absolute atomic E-state index is 14.1. The predicted octanol–water partition coefficient (Wildman–Crippen LogP) is 4.66. The number of hydrazine groups is 1. The van der Waals surface area contributed by atoms with E-state index in [2.05, 4.69) is 38.0 Å². The van der Waals surface area contributed by atoms with Crippen LogP contribution < -0.4 is 5.43 Å². The van der Waals surface area contributed by atoms with Crippen LogP contribution in [0.1, 0.15) is 29.3 Å². The van der Waals surface area contributed by atoms with Crippen LogP contribution in [0.15, 0.2) is 77.8 Å². The molecule has 1 saturated heterocycles. The van der Waals surface area contributed by atoms with E-state index in [1.807, 2.05) is 53.5 Å².